The van der Waals surface area contributed by atoms with Gasteiger partial charge < -0.3 is 5.32 Å². The van der Waals surface area contributed by atoms with Crippen LogP contribution in [0.4, 0.5) is 0 Å². The maximum atomic E-state index is 10.9. The van der Waals surface area contributed by atoms with Crippen molar-refractivity contribution in [2.45, 2.75) is 25.8 Å². The third-order valence-electron chi connectivity index (χ3n) is 2.30. The van der Waals surface area contributed by atoms with Gasteiger partial charge >= 0.3 is 0 Å². The summed E-state index contributed by atoms with van der Waals surface area (Å²) in [5.41, 5.74) is 0. The molecule has 1 amide bonds. The summed E-state index contributed by atoms with van der Waals surface area (Å²) in [5.74, 6) is -0.159. The minimum atomic E-state index is -0.590. The molecule has 0 spiro atoms. The van der Waals surface area contributed by atoms with Crippen LogP contribution >= 0.6 is 0 Å². The number of hydrogen-bond acceptors (Lipinski definition) is 3. The van der Waals surface area contributed by atoms with Crippen LogP contribution in [0.15, 0.2) is 0 Å². The number of rotatable bonds is 2. The van der Waals surface area contributed by atoms with E-state index in [9.17, 15) is 14.9 Å². The summed E-state index contributed by atoms with van der Waals surface area (Å²) < 4.78 is 0. The summed E-state index contributed by atoms with van der Waals surface area (Å²) in [6.07, 6.45) is 0.987. The van der Waals surface area contributed by atoms with Crippen molar-refractivity contribution in [3.05, 3.63) is 10.1 Å². The van der Waals surface area contributed by atoms with Crippen LogP contribution in [0.2, 0.25) is 0 Å². The first-order chi connectivity index (χ1) is 5.65. The van der Waals surface area contributed by atoms with Gasteiger partial charge in [-0.1, -0.05) is 6.92 Å². The number of piperidine rings is 1. The highest BCUT2D eigenvalue weighted by Gasteiger charge is 2.35. The summed E-state index contributed by atoms with van der Waals surface area (Å²) in [6, 6.07) is -0.590. The summed E-state index contributed by atoms with van der Waals surface area (Å²) in [6.45, 7) is 2.06. The van der Waals surface area contributed by atoms with Crippen molar-refractivity contribution >= 4 is 5.91 Å². The Hall–Kier alpha value is -1.13. The Bertz CT molecular complexity index is 205. The van der Waals surface area contributed by atoms with Crippen molar-refractivity contribution in [3.63, 3.8) is 0 Å². The Morgan fingerprint density at radius 3 is 2.92 bits per heavy atom. The molecule has 1 aliphatic rings. The van der Waals surface area contributed by atoms with Crippen LogP contribution in [-0.4, -0.2) is 23.4 Å². The number of nitro groups is 1. The van der Waals surface area contributed by atoms with Crippen LogP contribution in [0.3, 0.4) is 0 Å². The Morgan fingerprint density at radius 2 is 2.42 bits per heavy atom. The Morgan fingerprint density at radius 1 is 1.75 bits per heavy atom. The minimum absolute atomic E-state index is 0.0695. The molecule has 1 rings (SSSR count). The highest BCUT2D eigenvalue weighted by atomic mass is 16.6. The molecule has 0 aromatic rings. The van der Waals surface area contributed by atoms with E-state index in [1.807, 2.05) is 6.92 Å². The first-order valence-corrected chi connectivity index (χ1v) is 4.05. The molecule has 1 saturated heterocycles. The third-order valence-corrected chi connectivity index (χ3v) is 2.30. The van der Waals surface area contributed by atoms with Crippen LogP contribution in [0, 0.1) is 16.0 Å². The van der Waals surface area contributed by atoms with Gasteiger partial charge in [0.25, 0.3) is 0 Å². The van der Waals surface area contributed by atoms with E-state index in [0.717, 1.165) is 0 Å². The van der Waals surface area contributed by atoms with E-state index in [-0.39, 0.29) is 23.3 Å². The number of carbonyl (C=O) groups is 1. The van der Waals surface area contributed by atoms with Gasteiger partial charge in [0.2, 0.25) is 11.9 Å². The van der Waals surface area contributed by atoms with Crippen LogP contribution in [0.25, 0.3) is 0 Å². The smallest absolute Gasteiger partial charge is 0.233 e. The quantitative estimate of drug-likeness (QED) is 0.477. The molecule has 5 nitrogen and oxygen atoms in total. The monoisotopic (exact) mass is 172 g/mol. The Labute approximate surface area is 70.3 Å². The molecule has 0 bridgehead atoms. The van der Waals surface area contributed by atoms with Crippen LogP contribution in [-0.2, 0) is 4.79 Å². The number of nitrogens with one attached hydrogen (secondary N) is 1. The maximum Gasteiger partial charge on any atom is 0.233 e. The average Bonchev–Trinajstić information content (AvgIpc) is 2.03. The molecule has 0 saturated carbocycles. The fourth-order valence-corrected chi connectivity index (χ4v) is 1.49. The van der Waals surface area contributed by atoms with Crippen molar-refractivity contribution < 1.29 is 9.72 Å². The van der Waals surface area contributed by atoms with Gasteiger partial charge in [0, 0.05) is 17.3 Å². The van der Waals surface area contributed by atoms with Crippen molar-refractivity contribution in [3.8, 4) is 0 Å². The molecule has 0 aliphatic carbocycles. The highest BCUT2D eigenvalue weighted by Crippen LogP contribution is 2.18. The molecule has 2 atom stereocenters. The zero-order valence-electron chi connectivity index (χ0n) is 6.95. The van der Waals surface area contributed by atoms with Gasteiger partial charge in [-0.25, -0.2) is 0 Å². The second-order valence-electron chi connectivity index (χ2n) is 3.03. The molecule has 1 N–H and O–H groups in total. The molecule has 68 valence electrons. The molecule has 12 heavy (non-hydrogen) atoms. The molecule has 0 aromatic heterocycles. The first-order valence-electron chi connectivity index (χ1n) is 4.05. The Balaban J connectivity index is 2.62. The molecule has 1 heterocycles. The summed E-state index contributed by atoms with van der Waals surface area (Å²) in [4.78, 5) is 21.1. The normalized spacial score (nSPS) is 29.6. The zero-order chi connectivity index (χ0) is 9.14. The van der Waals surface area contributed by atoms with Gasteiger partial charge in [-0.3, -0.25) is 14.9 Å². The number of amides is 1. The average molecular weight is 172 g/mol. The largest absolute Gasteiger partial charge is 0.349 e. The fraction of sp³-hybridized carbons (Fsp3) is 0.857. The lowest BCUT2D eigenvalue weighted by atomic mass is 9.90. The molecule has 1 aliphatic heterocycles. The van der Waals surface area contributed by atoms with E-state index < -0.39 is 6.04 Å². The second-order valence-corrected chi connectivity index (χ2v) is 3.03. The molecule has 0 unspecified atom stereocenters. The van der Waals surface area contributed by atoms with Gasteiger partial charge in [0.15, 0.2) is 0 Å². The van der Waals surface area contributed by atoms with Gasteiger partial charge in [0.05, 0.1) is 6.54 Å². The third kappa shape index (κ3) is 1.72. The first kappa shape index (κ1) is 8.96. The van der Waals surface area contributed by atoms with E-state index in [2.05, 4.69) is 5.32 Å². The lowest BCUT2D eigenvalue weighted by Gasteiger charge is -2.24. The van der Waals surface area contributed by atoms with Crippen molar-refractivity contribution in [1.29, 1.82) is 0 Å². The number of nitrogens with zero attached hydrogens (tertiary/aromatic N) is 1. The predicted molar refractivity (Wildman–Crippen MR) is 42.2 cm³/mol. The van der Waals surface area contributed by atoms with E-state index in [1.54, 1.807) is 0 Å². The van der Waals surface area contributed by atoms with Gasteiger partial charge in [0.1, 0.15) is 0 Å². The van der Waals surface area contributed by atoms with E-state index >= 15 is 0 Å². The lowest BCUT2D eigenvalue weighted by Crippen LogP contribution is -2.47. The summed E-state index contributed by atoms with van der Waals surface area (Å²) in [5, 5.41) is 13.0. The molecular weight excluding hydrogens is 160 g/mol. The Kier molecular flexibility index (Phi) is 2.62. The van der Waals surface area contributed by atoms with Crippen molar-refractivity contribution in [2.75, 3.05) is 6.54 Å². The zero-order valence-corrected chi connectivity index (χ0v) is 6.95. The topological polar surface area (TPSA) is 72.2 Å². The molecule has 1 fully saturated rings. The van der Waals surface area contributed by atoms with Crippen LogP contribution in [0.5, 0.6) is 0 Å². The number of carbonyl (C=O) groups excluding carboxylic acids is 1. The molecule has 0 aromatic carbocycles. The van der Waals surface area contributed by atoms with Crippen molar-refractivity contribution in [2.24, 2.45) is 5.92 Å². The molecule has 5 heteroatoms. The summed E-state index contributed by atoms with van der Waals surface area (Å²) in [7, 11) is 0. The SMILES string of the molecule is CC[C@H]1CC(=O)NC[C@@H]1[N+](=O)[O-]. The lowest BCUT2D eigenvalue weighted by molar-refractivity contribution is -0.531. The van der Waals surface area contributed by atoms with E-state index in [1.165, 1.54) is 0 Å². The molecule has 0 radical (unpaired) electrons. The highest BCUT2D eigenvalue weighted by molar-refractivity contribution is 5.77. The van der Waals surface area contributed by atoms with Crippen LogP contribution in [0.1, 0.15) is 19.8 Å². The van der Waals surface area contributed by atoms with Crippen molar-refractivity contribution in [1.82, 2.24) is 5.32 Å². The number of hydrogen-bond donors (Lipinski definition) is 1. The van der Waals surface area contributed by atoms with Gasteiger partial charge in [-0.05, 0) is 6.42 Å². The fourth-order valence-electron chi connectivity index (χ4n) is 1.49. The maximum absolute atomic E-state index is 10.9. The second kappa shape index (κ2) is 3.51. The van der Waals surface area contributed by atoms with Gasteiger partial charge in [-0.15, -0.1) is 0 Å². The standard InChI is InChI=1S/C7H12N2O3/c1-2-5-3-7(10)8-4-6(5)9(11)12/h5-6H,2-4H2,1H3,(H,8,10)/t5-,6-/m0/s1. The molecular formula is C7H12N2O3. The summed E-state index contributed by atoms with van der Waals surface area (Å²) >= 11 is 0. The van der Waals surface area contributed by atoms with E-state index in [4.69, 9.17) is 0 Å². The predicted octanol–water partition coefficient (Wildman–Crippen LogP) is 0.178. The minimum Gasteiger partial charge on any atom is -0.349 e. The van der Waals surface area contributed by atoms with Crippen LogP contribution < -0.4 is 5.32 Å². The van der Waals surface area contributed by atoms with E-state index in [0.29, 0.717) is 12.8 Å². The van der Waals surface area contributed by atoms with Gasteiger partial charge in [-0.2, -0.15) is 0 Å².